The monoisotopic (exact) mass is 290 g/mol. The maximum absolute atomic E-state index is 11.8. The zero-order valence-corrected chi connectivity index (χ0v) is 12.8. The molecular weight excluding hydrogens is 264 g/mol. The zero-order chi connectivity index (χ0) is 14.3. The molecule has 1 aliphatic heterocycles. The number of carbonyl (C=O) groups is 1. The molecule has 6 heteroatoms. The lowest BCUT2D eigenvalue weighted by Gasteiger charge is -2.30. The first-order valence-corrected chi connectivity index (χ1v) is 8.97. The summed E-state index contributed by atoms with van der Waals surface area (Å²) in [6.07, 6.45) is 3.53. The van der Waals surface area contributed by atoms with E-state index in [2.05, 4.69) is 17.6 Å². The minimum Gasteiger partial charge on any atom is -0.351 e. The highest BCUT2D eigenvalue weighted by Crippen LogP contribution is 2.11. The number of hydrogen-bond acceptors (Lipinski definition) is 4. The van der Waals surface area contributed by atoms with Gasteiger partial charge in [0.1, 0.15) is 5.75 Å². The van der Waals surface area contributed by atoms with Crippen LogP contribution in [0.25, 0.3) is 0 Å². The van der Waals surface area contributed by atoms with E-state index in [1.165, 1.54) is 0 Å². The predicted molar refractivity (Wildman–Crippen MR) is 76.8 cm³/mol. The van der Waals surface area contributed by atoms with Crippen LogP contribution in [0.3, 0.4) is 0 Å². The lowest BCUT2D eigenvalue weighted by molar-refractivity contribution is -0.119. The Hall–Kier alpha value is -0.620. The fourth-order valence-electron chi connectivity index (χ4n) is 2.28. The van der Waals surface area contributed by atoms with E-state index in [4.69, 9.17) is 0 Å². The van der Waals surface area contributed by atoms with Crippen LogP contribution >= 0.6 is 0 Å². The molecule has 1 fully saturated rings. The Kier molecular flexibility index (Phi) is 6.79. The van der Waals surface area contributed by atoms with E-state index >= 15 is 0 Å². The molecule has 19 heavy (non-hydrogen) atoms. The molecule has 1 rings (SSSR count). The summed E-state index contributed by atoms with van der Waals surface area (Å²) in [6, 6.07) is 0.0482. The maximum Gasteiger partial charge on any atom is 0.235 e. The third-order valence-corrected chi connectivity index (χ3v) is 5.20. The van der Waals surface area contributed by atoms with Crippen LogP contribution in [0.5, 0.6) is 0 Å². The fraction of sp³-hybridized carbons (Fsp3) is 0.923. The number of carbonyl (C=O) groups excluding carboxylic acids is 1. The summed E-state index contributed by atoms with van der Waals surface area (Å²) in [7, 11) is -3.25. The molecule has 1 amide bonds. The van der Waals surface area contributed by atoms with Gasteiger partial charge in [0.05, 0.1) is 5.75 Å². The molecule has 0 spiro atoms. The van der Waals surface area contributed by atoms with Crippen molar-refractivity contribution in [2.75, 3.05) is 24.6 Å². The molecule has 1 heterocycles. The first-order chi connectivity index (χ1) is 8.94. The average molecular weight is 290 g/mol. The Balaban J connectivity index is 2.37. The number of amides is 1. The zero-order valence-electron chi connectivity index (χ0n) is 11.9. The summed E-state index contributed by atoms with van der Waals surface area (Å²) >= 11 is 0. The first-order valence-electron chi connectivity index (χ1n) is 7.15. The Morgan fingerprint density at radius 1 is 1.37 bits per heavy atom. The van der Waals surface area contributed by atoms with Crippen molar-refractivity contribution in [1.29, 1.82) is 0 Å². The minimum absolute atomic E-state index is 0.0482. The summed E-state index contributed by atoms with van der Waals surface area (Å²) in [6.45, 7) is 5.80. The van der Waals surface area contributed by atoms with Crippen molar-refractivity contribution >= 4 is 15.7 Å². The second kappa shape index (κ2) is 7.85. The molecule has 0 bridgehead atoms. The highest BCUT2D eigenvalue weighted by Gasteiger charge is 2.24. The predicted octanol–water partition coefficient (Wildman–Crippen LogP) is 0.706. The second-order valence-electron chi connectivity index (χ2n) is 5.44. The number of hydrogen-bond donors (Lipinski definition) is 2. The van der Waals surface area contributed by atoms with Crippen LogP contribution in [-0.4, -0.2) is 45.0 Å². The van der Waals surface area contributed by atoms with Crippen LogP contribution in [0.2, 0.25) is 0 Å². The molecule has 0 aromatic rings. The maximum atomic E-state index is 11.8. The highest BCUT2D eigenvalue weighted by atomic mass is 32.2. The third kappa shape index (κ3) is 6.38. The van der Waals surface area contributed by atoms with E-state index in [9.17, 15) is 13.2 Å². The molecule has 0 aliphatic carbocycles. The SMILES string of the molecule is CCCCCS(=O)(=O)CC(=O)NC1CNCCC1C. The van der Waals surface area contributed by atoms with E-state index in [0.29, 0.717) is 12.3 Å². The van der Waals surface area contributed by atoms with Crippen LogP contribution in [0.1, 0.15) is 39.5 Å². The van der Waals surface area contributed by atoms with Gasteiger partial charge in [-0.3, -0.25) is 4.79 Å². The van der Waals surface area contributed by atoms with Crippen molar-refractivity contribution in [3.05, 3.63) is 0 Å². The molecular formula is C13H26N2O3S. The Labute approximate surface area is 116 Å². The van der Waals surface area contributed by atoms with Gasteiger partial charge in [-0.25, -0.2) is 8.42 Å². The van der Waals surface area contributed by atoms with Crippen molar-refractivity contribution in [1.82, 2.24) is 10.6 Å². The summed E-state index contributed by atoms with van der Waals surface area (Å²) in [5.41, 5.74) is 0. The van der Waals surface area contributed by atoms with E-state index in [1.54, 1.807) is 0 Å². The molecule has 0 radical (unpaired) electrons. The minimum atomic E-state index is -3.25. The molecule has 2 unspecified atom stereocenters. The molecule has 5 nitrogen and oxygen atoms in total. The third-order valence-electron chi connectivity index (χ3n) is 3.58. The molecule has 1 saturated heterocycles. The molecule has 112 valence electrons. The smallest absolute Gasteiger partial charge is 0.235 e. The molecule has 0 aromatic heterocycles. The van der Waals surface area contributed by atoms with E-state index in [-0.39, 0.29) is 23.5 Å². The standard InChI is InChI=1S/C13H26N2O3S/c1-3-4-5-8-19(17,18)10-13(16)15-12-9-14-7-6-11(12)2/h11-12,14H,3-10H2,1-2H3,(H,15,16). The Morgan fingerprint density at radius 3 is 2.74 bits per heavy atom. The van der Waals surface area contributed by atoms with Crippen LogP contribution < -0.4 is 10.6 Å². The molecule has 2 N–H and O–H groups in total. The summed E-state index contributed by atoms with van der Waals surface area (Å²) in [5.74, 6) is -0.225. The quantitative estimate of drug-likeness (QED) is 0.677. The molecule has 2 atom stereocenters. The van der Waals surface area contributed by atoms with Crippen LogP contribution in [0, 0.1) is 5.92 Å². The van der Waals surface area contributed by atoms with Crippen molar-refractivity contribution in [2.24, 2.45) is 5.92 Å². The van der Waals surface area contributed by atoms with Gasteiger partial charge in [-0.15, -0.1) is 0 Å². The number of rotatable bonds is 7. The van der Waals surface area contributed by atoms with Gasteiger partial charge in [0.15, 0.2) is 9.84 Å². The molecule has 0 aromatic carbocycles. The van der Waals surface area contributed by atoms with Gasteiger partial charge < -0.3 is 10.6 Å². The lowest BCUT2D eigenvalue weighted by Crippen LogP contribution is -2.51. The van der Waals surface area contributed by atoms with Gasteiger partial charge in [-0.05, 0) is 25.3 Å². The summed E-state index contributed by atoms with van der Waals surface area (Å²) in [4.78, 5) is 11.8. The van der Waals surface area contributed by atoms with Gasteiger partial charge >= 0.3 is 0 Å². The van der Waals surface area contributed by atoms with E-state index in [1.807, 2.05) is 6.92 Å². The lowest BCUT2D eigenvalue weighted by atomic mass is 9.95. The molecule has 0 saturated carbocycles. The average Bonchev–Trinajstić information content (AvgIpc) is 2.31. The summed E-state index contributed by atoms with van der Waals surface area (Å²) in [5, 5.41) is 6.05. The second-order valence-corrected chi connectivity index (χ2v) is 7.63. The first kappa shape index (κ1) is 16.4. The Bertz CT molecular complexity index is 381. The van der Waals surface area contributed by atoms with Gasteiger partial charge in [-0.1, -0.05) is 26.7 Å². The summed E-state index contributed by atoms with van der Waals surface area (Å²) < 4.78 is 23.5. The van der Waals surface area contributed by atoms with Crippen molar-refractivity contribution in [3.63, 3.8) is 0 Å². The highest BCUT2D eigenvalue weighted by molar-refractivity contribution is 7.92. The van der Waals surface area contributed by atoms with Gasteiger partial charge in [0.25, 0.3) is 0 Å². The molecule has 1 aliphatic rings. The number of sulfone groups is 1. The number of unbranched alkanes of at least 4 members (excludes halogenated alkanes) is 2. The van der Waals surface area contributed by atoms with Crippen molar-refractivity contribution in [2.45, 2.75) is 45.6 Å². The largest absolute Gasteiger partial charge is 0.351 e. The topological polar surface area (TPSA) is 75.3 Å². The normalized spacial score (nSPS) is 24.1. The van der Waals surface area contributed by atoms with Gasteiger partial charge in [-0.2, -0.15) is 0 Å². The Morgan fingerprint density at radius 2 is 2.11 bits per heavy atom. The van der Waals surface area contributed by atoms with Crippen LogP contribution in [-0.2, 0) is 14.6 Å². The van der Waals surface area contributed by atoms with Gasteiger partial charge in [0, 0.05) is 12.6 Å². The van der Waals surface area contributed by atoms with Crippen molar-refractivity contribution < 1.29 is 13.2 Å². The van der Waals surface area contributed by atoms with Crippen molar-refractivity contribution in [3.8, 4) is 0 Å². The fourth-order valence-corrected chi connectivity index (χ4v) is 3.55. The van der Waals surface area contributed by atoms with E-state index in [0.717, 1.165) is 32.4 Å². The number of nitrogens with one attached hydrogen (secondary N) is 2. The number of piperidine rings is 1. The van der Waals surface area contributed by atoms with Crippen LogP contribution in [0.4, 0.5) is 0 Å². The van der Waals surface area contributed by atoms with Gasteiger partial charge in [0.2, 0.25) is 5.91 Å². The van der Waals surface area contributed by atoms with E-state index < -0.39 is 9.84 Å². The van der Waals surface area contributed by atoms with Crippen LogP contribution in [0.15, 0.2) is 0 Å².